The number of nitrogens with one attached hydrogen (secondary N) is 2. The minimum Gasteiger partial charge on any atom is -0.367 e. The molecule has 0 fully saturated rings. The van der Waals surface area contributed by atoms with Crippen molar-refractivity contribution < 1.29 is 4.79 Å². The molecule has 2 rings (SSSR count). The van der Waals surface area contributed by atoms with E-state index in [1.54, 1.807) is 12.3 Å². The lowest BCUT2D eigenvalue weighted by molar-refractivity contribution is -0.115. The summed E-state index contributed by atoms with van der Waals surface area (Å²) < 4.78 is 0. The third-order valence-corrected chi connectivity index (χ3v) is 2.72. The van der Waals surface area contributed by atoms with Crippen LogP contribution in [0.15, 0.2) is 36.7 Å². The van der Waals surface area contributed by atoms with Crippen LogP contribution in [-0.2, 0) is 11.2 Å². The molecule has 0 aliphatic heterocycles. The first-order chi connectivity index (χ1) is 8.15. The van der Waals surface area contributed by atoms with Gasteiger partial charge in [0, 0.05) is 23.1 Å². The van der Waals surface area contributed by atoms with Gasteiger partial charge in [-0.15, -0.1) is 0 Å². The average molecular weight is 249 g/mol. The van der Waals surface area contributed by atoms with Crippen LogP contribution in [0.1, 0.15) is 11.1 Å². The van der Waals surface area contributed by atoms with Crippen LogP contribution in [0.5, 0.6) is 0 Å². The minimum atomic E-state index is -0.0324. The Hall–Kier alpha value is -1.74. The molecule has 0 saturated heterocycles. The van der Waals surface area contributed by atoms with Gasteiger partial charge in [0.15, 0.2) is 0 Å². The number of amides is 1. The van der Waals surface area contributed by atoms with Crippen LogP contribution in [0.2, 0.25) is 5.02 Å². The molecular weight excluding hydrogens is 236 g/mol. The van der Waals surface area contributed by atoms with Crippen LogP contribution in [0, 0.1) is 6.92 Å². The first-order valence-electron chi connectivity index (χ1n) is 5.33. The van der Waals surface area contributed by atoms with Crippen LogP contribution in [0.4, 0.5) is 5.69 Å². The van der Waals surface area contributed by atoms with Crippen molar-refractivity contribution in [2.75, 3.05) is 5.32 Å². The van der Waals surface area contributed by atoms with Crippen molar-refractivity contribution in [3.63, 3.8) is 0 Å². The number of carbonyl (C=O) groups is 1. The third-order valence-electron chi connectivity index (χ3n) is 2.49. The number of hydrogen-bond donors (Lipinski definition) is 2. The van der Waals surface area contributed by atoms with Gasteiger partial charge in [-0.25, -0.2) is 0 Å². The van der Waals surface area contributed by atoms with Crippen LogP contribution < -0.4 is 5.32 Å². The highest BCUT2D eigenvalue weighted by molar-refractivity contribution is 6.30. The first kappa shape index (κ1) is 11.7. The summed E-state index contributed by atoms with van der Waals surface area (Å²) >= 11 is 5.85. The number of halogens is 1. The third kappa shape index (κ3) is 3.11. The van der Waals surface area contributed by atoms with E-state index in [9.17, 15) is 4.79 Å². The minimum absolute atomic E-state index is 0.0324. The second-order valence-corrected chi connectivity index (χ2v) is 4.34. The van der Waals surface area contributed by atoms with E-state index in [1.807, 2.05) is 31.3 Å². The molecule has 17 heavy (non-hydrogen) atoms. The average Bonchev–Trinajstić information content (AvgIpc) is 2.75. The summed E-state index contributed by atoms with van der Waals surface area (Å²) in [7, 11) is 0. The molecule has 2 aromatic rings. The summed E-state index contributed by atoms with van der Waals surface area (Å²) in [6, 6.07) is 7.29. The molecule has 0 aliphatic carbocycles. The highest BCUT2D eigenvalue weighted by atomic mass is 35.5. The number of rotatable bonds is 3. The second kappa shape index (κ2) is 5.06. The molecule has 0 aliphatic rings. The molecular formula is C13H13ClN2O. The number of anilines is 1. The van der Waals surface area contributed by atoms with Gasteiger partial charge >= 0.3 is 0 Å². The number of hydrogen-bond acceptors (Lipinski definition) is 1. The highest BCUT2D eigenvalue weighted by Gasteiger charge is 2.06. The number of aryl methyl sites for hydroxylation is 1. The molecule has 88 valence electrons. The maximum atomic E-state index is 11.8. The van der Waals surface area contributed by atoms with Gasteiger partial charge in [0.25, 0.3) is 0 Å². The molecule has 0 bridgehead atoms. The van der Waals surface area contributed by atoms with Gasteiger partial charge < -0.3 is 10.3 Å². The van der Waals surface area contributed by atoms with Crippen molar-refractivity contribution >= 4 is 23.2 Å². The molecule has 1 aromatic carbocycles. The predicted octanol–water partition coefficient (Wildman–Crippen LogP) is 3.16. The van der Waals surface area contributed by atoms with E-state index in [2.05, 4.69) is 10.3 Å². The largest absolute Gasteiger partial charge is 0.367 e. The van der Waals surface area contributed by atoms with E-state index >= 15 is 0 Å². The zero-order chi connectivity index (χ0) is 12.3. The number of H-pyrrole nitrogens is 1. The van der Waals surface area contributed by atoms with E-state index in [0.717, 1.165) is 16.8 Å². The van der Waals surface area contributed by atoms with E-state index in [-0.39, 0.29) is 5.91 Å². The summed E-state index contributed by atoms with van der Waals surface area (Å²) in [6.45, 7) is 1.91. The summed E-state index contributed by atoms with van der Waals surface area (Å²) in [5.74, 6) is -0.0324. The van der Waals surface area contributed by atoms with Crippen LogP contribution in [0.3, 0.4) is 0 Å². The van der Waals surface area contributed by atoms with Crippen molar-refractivity contribution in [3.8, 4) is 0 Å². The molecule has 2 N–H and O–H groups in total. The molecule has 0 radical (unpaired) electrons. The Balaban J connectivity index is 2.03. The maximum Gasteiger partial charge on any atom is 0.228 e. The number of aromatic amines is 1. The molecule has 0 atom stereocenters. The van der Waals surface area contributed by atoms with Crippen LogP contribution >= 0.6 is 11.6 Å². The Morgan fingerprint density at radius 2 is 2.24 bits per heavy atom. The van der Waals surface area contributed by atoms with Gasteiger partial charge in [-0.05, 0) is 42.3 Å². The van der Waals surface area contributed by atoms with Crippen molar-refractivity contribution in [3.05, 3.63) is 52.8 Å². The molecule has 0 unspecified atom stereocenters. The Morgan fingerprint density at radius 3 is 2.88 bits per heavy atom. The zero-order valence-electron chi connectivity index (χ0n) is 9.46. The molecule has 3 nitrogen and oxygen atoms in total. The normalized spacial score (nSPS) is 10.2. The molecule has 1 aromatic heterocycles. The SMILES string of the molecule is Cc1cc(Cl)ccc1NC(=O)Cc1cc[nH]c1. The Labute approximate surface area is 105 Å². The fraction of sp³-hybridized carbons (Fsp3) is 0.154. The monoisotopic (exact) mass is 248 g/mol. The lowest BCUT2D eigenvalue weighted by atomic mass is 10.2. The molecule has 1 amide bonds. The van der Waals surface area contributed by atoms with Gasteiger partial charge in [-0.1, -0.05) is 11.6 Å². The van der Waals surface area contributed by atoms with Gasteiger partial charge in [-0.2, -0.15) is 0 Å². The van der Waals surface area contributed by atoms with Gasteiger partial charge in [-0.3, -0.25) is 4.79 Å². The fourth-order valence-corrected chi connectivity index (χ4v) is 1.84. The number of benzene rings is 1. The standard InChI is InChI=1S/C13H13ClN2O/c1-9-6-11(14)2-3-12(9)16-13(17)7-10-4-5-15-8-10/h2-6,8,15H,7H2,1H3,(H,16,17). The van der Waals surface area contributed by atoms with E-state index in [0.29, 0.717) is 11.4 Å². The van der Waals surface area contributed by atoms with Crippen molar-refractivity contribution in [1.29, 1.82) is 0 Å². The van der Waals surface area contributed by atoms with Crippen molar-refractivity contribution in [2.24, 2.45) is 0 Å². The van der Waals surface area contributed by atoms with E-state index < -0.39 is 0 Å². The summed E-state index contributed by atoms with van der Waals surface area (Å²) in [5, 5.41) is 3.54. The van der Waals surface area contributed by atoms with Gasteiger partial charge in [0.1, 0.15) is 0 Å². The topological polar surface area (TPSA) is 44.9 Å². The molecule has 4 heteroatoms. The van der Waals surface area contributed by atoms with Gasteiger partial charge in [0.05, 0.1) is 6.42 Å². The fourth-order valence-electron chi connectivity index (χ4n) is 1.62. The summed E-state index contributed by atoms with van der Waals surface area (Å²) in [4.78, 5) is 14.7. The van der Waals surface area contributed by atoms with E-state index in [1.165, 1.54) is 0 Å². The number of aromatic nitrogens is 1. The Morgan fingerprint density at radius 1 is 1.41 bits per heavy atom. The van der Waals surface area contributed by atoms with E-state index in [4.69, 9.17) is 11.6 Å². The van der Waals surface area contributed by atoms with Gasteiger partial charge in [0.2, 0.25) is 5.91 Å². The lowest BCUT2D eigenvalue weighted by Crippen LogP contribution is -2.14. The summed E-state index contributed by atoms with van der Waals surface area (Å²) in [6.07, 6.45) is 3.98. The summed E-state index contributed by atoms with van der Waals surface area (Å²) in [5.41, 5.74) is 2.73. The smallest absolute Gasteiger partial charge is 0.228 e. The predicted molar refractivity (Wildman–Crippen MR) is 69.3 cm³/mol. The highest BCUT2D eigenvalue weighted by Crippen LogP contribution is 2.19. The molecule has 1 heterocycles. The number of carbonyl (C=O) groups excluding carboxylic acids is 1. The first-order valence-corrected chi connectivity index (χ1v) is 5.70. The molecule has 0 spiro atoms. The van der Waals surface area contributed by atoms with Crippen molar-refractivity contribution in [2.45, 2.75) is 13.3 Å². The second-order valence-electron chi connectivity index (χ2n) is 3.90. The molecule has 0 saturated carbocycles. The maximum absolute atomic E-state index is 11.8. The quantitative estimate of drug-likeness (QED) is 0.861. The lowest BCUT2D eigenvalue weighted by Gasteiger charge is -2.08. The Kier molecular flexibility index (Phi) is 3.49. The van der Waals surface area contributed by atoms with Crippen molar-refractivity contribution in [1.82, 2.24) is 4.98 Å². The van der Waals surface area contributed by atoms with Crippen LogP contribution in [-0.4, -0.2) is 10.9 Å². The zero-order valence-corrected chi connectivity index (χ0v) is 10.2. The Bertz CT molecular complexity index is 520. The van der Waals surface area contributed by atoms with Crippen LogP contribution in [0.25, 0.3) is 0 Å².